The van der Waals surface area contributed by atoms with E-state index in [1.54, 1.807) is 0 Å². The second kappa shape index (κ2) is 3.89. The van der Waals surface area contributed by atoms with Crippen molar-refractivity contribution in [1.82, 2.24) is 0 Å². The molecule has 0 atom stereocenters. The molecule has 0 aliphatic heterocycles. The average Bonchev–Trinajstić information content (AvgIpc) is 2.75. The van der Waals surface area contributed by atoms with E-state index in [1.807, 2.05) is 6.08 Å². The van der Waals surface area contributed by atoms with Crippen molar-refractivity contribution in [2.24, 2.45) is 0 Å². The zero-order chi connectivity index (χ0) is 11.8. The lowest BCUT2D eigenvalue weighted by Crippen LogP contribution is -1.94. The van der Waals surface area contributed by atoms with Crippen LogP contribution in [0, 0.1) is 0 Å². The van der Waals surface area contributed by atoms with Crippen molar-refractivity contribution in [2.75, 3.05) is 0 Å². The van der Waals surface area contributed by atoms with Gasteiger partial charge in [-0.2, -0.15) is 0 Å². The third-order valence-electron chi connectivity index (χ3n) is 3.72. The minimum Gasteiger partial charge on any atom is -0.0985 e. The lowest BCUT2D eigenvalue weighted by atomic mass is 9.94. The smallest absolute Gasteiger partial charge is 0.00105 e. The van der Waals surface area contributed by atoms with Gasteiger partial charge in [0.15, 0.2) is 0 Å². The molecule has 1 aliphatic rings. The van der Waals surface area contributed by atoms with Crippen molar-refractivity contribution < 1.29 is 0 Å². The molecule has 0 aromatic heterocycles. The molecule has 0 unspecified atom stereocenters. The summed E-state index contributed by atoms with van der Waals surface area (Å²) in [6.07, 6.45) is 4.14. The zero-order valence-electron chi connectivity index (χ0n) is 10.2. The van der Waals surface area contributed by atoms with Gasteiger partial charge in [-0.15, -0.1) is 0 Å². The van der Waals surface area contributed by atoms with Crippen molar-refractivity contribution in [3.8, 4) is 11.1 Å². The number of benzene rings is 2. The van der Waals surface area contributed by atoms with Gasteiger partial charge in [-0.3, -0.25) is 0 Å². The molecule has 2 aromatic rings. The molecular weight excluding hydrogens is 204 g/mol. The Morgan fingerprint density at radius 3 is 2.71 bits per heavy atom. The highest BCUT2D eigenvalue weighted by molar-refractivity contribution is 5.80. The molecule has 3 rings (SSSR count). The van der Waals surface area contributed by atoms with Gasteiger partial charge in [0.1, 0.15) is 0 Å². The van der Waals surface area contributed by atoms with E-state index in [9.17, 15) is 0 Å². The van der Waals surface area contributed by atoms with Crippen LogP contribution in [0.1, 0.15) is 29.2 Å². The molecule has 2 aromatic carbocycles. The first-order chi connectivity index (χ1) is 8.35. The number of hydrogen-bond donors (Lipinski definition) is 0. The third-order valence-corrected chi connectivity index (χ3v) is 3.72. The Bertz CT molecular complexity index is 591. The Morgan fingerprint density at radius 2 is 1.94 bits per heavy atom. The molecule has 0 saturated carbocycles. The highest BCUT2D eigenvalue weighted by Crippen LogP contribution is 2.39. The van der Waals surface area contributed by atoms with Crippen LogP contribution in [-0.4, -0.2) is 0 Å². The van der Waals surface area contributed by atoms with Gasteiger partial charge in [0.25, 0.3) is 0 Å². The highest BCUT2D eigenvalue weighted by Gasteiger charge is 2.20. The molecule has 0 saturated heterocycles. The van der Waals surface area contributed by atoms with Gasteiger partial charge in [-0.05, 0) is 46.2 Å². The molecule has 0 heterocycles. The van der Waals surface area contributed by atoms with E-state index in [0.29, 0.717) is 0 Å². The molecule has 17 heavy (non-hydrogen) atoms. The summed E-state index contributed by atoms with van der Waals surface area (Å²) in [7, 11) is 0. The molecule has 1 aliphatic carbocycles. The standard InChI is InChI=1S/C17H16/c1-3-12-9-10-16-15-8-6-5-7-13(15)11-17(16)14(12)4-2/h3,5-10H,1,4,11H2,2H3. The van der Waals surface area contributed by atoms with Gasteiger partial charge >= 0.3 is 0 Å². The summed E-state index contributed by atoms with van der Waals surface area (Å²) in [5.41, 5.74) is 8.55. The Morgan fingerprint density at radius 1 is 1.12 bits per heavy atom. The van der Waals surface area contributed by atoms with Crippen LogP contribution in [0.2, 0.25) is 0 Å². The summed E-state index contributed by atoms with van der Waals surface area (Å²) in [5, 5.41) is 0. The van der Waals surface area contributed by atoms with E-state index in [2.05, 4.69) is 49.9 Å². The number of fused-ring (bicyclic) bond motifs is 3. The van der Waals surface area contributed by atoms with E-state index in [0.717, 1.165) is 12.8 Å². The van der Waals surface area contributed by atoms with E-state index >= 15 is 0 Å². The van der Waals surface area contributed by atoms with Crippen molar-refractivity contribution in [1.29, 1.82) is 0 Å². The zero-order valence-corrected chi connectivity index (χ0v) is 10.2. The minimum atomic E-state index is 1.08. The molecule has 0 nitrogen and oxygen atoms in total. The molecule has 84 valence electrons. The first-order valence-electron chi connectivity index (χ1n) is 6.20. The van der Waals surface area contributed by atoms with Crippen molar-refractivity contribution in [3.05, 3.63) is 65.2 Å². The fourth-order valence-corrected chi connectivity index (χ4v) is 2.90. The largest absolute Gasteiger partial charge is 0.0985 e. The van der Waals surface area contributed by atoms with E-state index < -0.39 is 0 Å². The van der Waals surface area contributed by atoms with Crippen molar-refractivity contribution in [3.63, 3.8) is 0 Å². The van der Waals surface area contributed by atoms with Crippen molar-refractivity contribution >= 4 is 6.08 Å². The monoisotopic (exact) mass is 220 g/mol. The summed E-state index contributed by atoms with van der Waals surface area (Å²) >= 11 is 0. The maximum atomic E-state index is 3.91. The van der Waals surface area contributed by atoms with E-state index in [1.165, 1.54) is 33.4 Å². The molecule has 0 heteroatoms. The Kier molecular flexibility index (Phi) is 2.36. The lowest BCUT2D eigenvalue weighted by Gasteiger charge is -2.10. The summed E-state index contributed by atoms with van der Waals surface area (Å²) in [6.45, 7) is 6.14. The Labute approximate surface area is 103 Å². The highest BCUT2D eigenvalue weighted by atomic mass is 14.2. The molecule has 0 N–H and O–H groups in total. The van der Waals surface area contributed by atoms with Crippen LogP contribution in [0.4, 0.5) is 0 Å². The predicted molar refractivity (Wildman–Crippen MR) is 74.2 cm³/mol. The normalized spacial score (nSPS) is 12.1. The Balaban J connectivity index is 2.27. The predicted octanol–water partition coefficient (Wildman–Crippen LogP) is 4.46. The topological polar surface area (TPSA) is 0 Å². The van der Waals surface area contributed by atoms with Crippen LogP contribution in [0.3, 0.4) is 0 Å². The fraction of sp³-hybridized carbons (Fsp3) is 0.176. The first kappa shape index (κ1) is 10.3. The average molecular weight is 220 g/mol. The number of hydrogen-bond acceptors (Lipinski definition) is 0. The van der Waals surface area contributed by atoms with Crippen LogP contribution < -0.4 is 0 Å². The van der Waals surface area contributed by atoms with Crippen LogP contribution in [0.5, 0.6) is 0 Å². The van der Waals surface area contributed by atoms with E-state index in [4.69, 9.17) is 0 Å². The van der Waals surface area contributed by atoms with Gasteiger partial charge < -0.3 is 0 Å². The second-order valence-corrected chi connectivity index (χ2v) is 4.55. The third kappa shape index (κ3) is 1.44. The maximum absolute atomic E-state index is 3.91. The Hall–Kier alpha value is -1.82. The fourth-order valence-electron chi connectivity index (χ4n) is 2.90. The molecule has 0 spiro atoms. The summed E-state index contributed by atoms with van der Waals surface area (Å²) in [4.78, 5) is 0. The van der Waals surface area contributed by atoms with Gasteiger partial charge in [-0.1, -0.05) is 56.0 Å². The van der Waals surface area contributed by atoms with Gasteiger partial charge in [0.2, 0.25) is 0 Å². The lowest BCUT2D eigenvalue weighted by molar-refractivity contribution is 1.08. The van der Waals surface area contributed by atoms with Crippen LogP contribution in [0.25, 0.3) is 17.2 Å². The van der Waals surface area contributed by atoms with Gasteiger partial charge in [0.05, 0.1) is 0 Å². The molecule has 0 radical (unpaired) electrons. The minimum absolute atomic E-state index is 1.08. The second-order valence-electron chi connectivity index (χ2n) is 4.55. The summed E-state index contributed by atoms with van der Waals surface area (Å²) < 4.78 is 0. The SMILES string of the molecule is C=Cc1ccc2c(c1CC)Cc1ccccc1-2. The van der Waals surface area contributed by atoms with Crippen LogP contribution in [0.15, 0.2) is 43.0 Å². The van der Waals surface area contributed by atoms with Crippen LogP contribution >= 0.6 is 0 Å². The van der Waals surface area contributed by atoms with Gasteiger partial charge in [0, 0.05) is 0 Å². The van der Waals surface area contributed by atoms with E-state index in [-0.39, 0.29) is 0 Å². The molecule has 0 amide bonds. The molecule has 0 fully saturated rings. The van der Waals surface area contributed by atoms with Crippen LogP contribution in [-0.2, 0) is 12.8 Å². The number of rotatable bonds is 2. The summed E-state index contributed by atoms with van der Waals surface area (Å²) in [6, 6.07) is 13.2. The summed E-state index contributed by atoms with van der Waals surface area (Å²) in [5.74, 6) is 0. The van der Waals surface area contributed by atoms with Crippen molar-refractivity contribution in [2.45, 2.75) is 19.8 Å². The molecular formula is C17H16. The van der Waals surface area contributed by atoms with Gasteiger partial charge in [-0.25, -0.2) is 0 Å². The molecule has 0 bridgehead atoms. The quantitative estimate of drug-likeness (QED) is 0.598. The maximum Gasteiger partial charge on any atom is -0.00105 e. The first-order valence-corrected chi connectivity index (χ1v) is 6.20.